The molecule has 136 valence electrons. The number of carbonyl (C=O) groups is 1. The summed E-state index contributed by atoms with van der Waals surface area (Å²) in [7, 11) is 0. The standard InChI is InChI=1S/C21H24N2O3/c24-21(18-7-8-20-17(12-18)5-3-11-25-20)23-10-2-6-19(14-23)26-15-16-4-1-9-22-13-16/h1,4,7-9,12-13,19H,2-3,5-6,10-11,14-15H2/t19-/m0/s1. The van der Waals surface area contributed by atoms with Gasteiger partial charge < -0.3 is 14.4 Å². The van der Waals surface area contributed by atoms with Gasteiger partial charge in [-0.15, -0.1) is 0 Å². The number of nitrogens with zero attached hydrogens (tertiary/aromatic N) is 2. The van der Waals surface area contributed by atoms with Crippen LogP contribution < -0.4 is 4.74 Å². The van der Waals surface area contributed by atoms with E-state index < -0.39 is 0 Å². The molecule has 1 fully saturated rings. The van der Waals surface area contributed by atoms with Crippen molar-refractivity contribution >= 4 is 5.91 Å². The van der Waals surface area contributed by atoms with Gasteiger partial charge in [0, 0.05) is 31.0 Å². The lowest BCUT2D eigenvalue weighted by atomic mass is 10.0. The number of amides is 1. The lowest BCUT2D eigenvalue weighted by Gasteiger charge is -2.33. The van der Waals surface area contributed by atoms with Crippen LogP contribution in [0.4, 0.5) is 0 Å². The second-order valence-corrected chi connectivity index (χ2v) is 6.96. The summed E-state index contributed by atoms with van der Waals surface area (Å²) in [5.41, 5.74) is 2.95. The lowest BCUT2D eigenvalue weighted by Crippen LogP contribution is -2.43. The molecule has 1 aromatic carbocycles. The minimum absolute atomic E-state index is 0.0777. The van der Waals surface area contributed by atoms with E-state index in [2.05, 4.69) is 4.98 Å². The van der Waals surface area contributed by atoms with Crippen LogP contribution in [0.5, 0.6) is 5.75 Å². The summed E-state index contributed by atoms with van der Waals surface area (Å²) < 4.78 is 11.7. The highest BCUT2D eigenvalue weighted by Crippen LogP contribution is 2.26. The van der Waals surface area contributed by atoms with Gasteiger partial charge >= 0.3 is 0 Å². The molecule has 1 amide bonds. The maximum Gasteiger partial charge on any atom is 0.253 e. The monoisotopic (exact) mass is 352 g/mol. The van der Waals surface area contributed by atoms with Gasteiger partial charge in [-0.3, -0.25) is 9.78 Å². The number of hydrogen-bond donors (Lipinski definition) is 0. The number of carbonyl (C=O) groups excluding carboxylic acids is 1. The van der Waals surface area contributed by atoms with Gasteiger partial charge in [-0.25, -0.2) is 0 Å². The van der Waals surface area contributed by atoms with Gasteiger partial charge in [0.25, 0.3) is 5.91 Å². The number of likely N-dealkylation sites (tertiary alicyclic amines) is 1. The van der Waals surface area contributed by atoms with Crippen molar-refractivity contribution < 1.29 is 14.3 Å². The van der Waals surface area contributed by atoms with Crippen LogP contribution in [0.3, 0.4) is 0 Å². The largest absolute Gasteiger partial charge is 0.493 e. The number of aromatic nitrogens is 1. The van der Waals surface area contributed by atoms with Crippen molar-refractivity contribution in [2.24, 2.45) is 0 Å². The first-order valence-electron chi connectivity index (χ1n) is 9.35. The van der Waals surface area contributed by atoms with Gasteiger partial charge in [0.05, 0.1) is 19.3 Å². The third-order valence-corrected chi connectivity index (χ3v) is 5.03. The highest BCUT2D eigenvalue weighted by Gasteiger charge is 2.25. The van der Waals surface area contributed by atoms with E-state index in [1.165, 1.54) is 0 Å². The third-order valence-electron chi connectivity index (χ3n) is 5.03. The average molecular weight is 352 g/mol. The van der Waals surface area contributed by atoms with Gasteiger partial charge in [0.1, 0.15) is 5.75 Å². The maximum absolute atomic E-state index is 12.9. The number of ether oxygens (including phenoxy) is 2. The summed E-state index contributed by atoms with van der Waals surface area (Å²) in [6.45, 7) is 2.74. The highest BCUT2D eigenvalue weighted by atomic mass is 16.5. The molecule has 0 saturated carbocycles. The minimum atomic E-state index is 0.0777. The molecule has 1 saturated heterocycles. The normalized spacial score (nSPS) is 19.5. The quantitative estimate of drug-likeness (QED) is 0.848. The molecule has 5 heteroatoms. The zero-order valence-electron chi connectivity index (χ0n) is 14.9. The van der Waals surface area contributed by atoms with E-state index in [1.807, 2.05) is 41.4 Å². The van der Waals surface area contributed by atoms with Crippen molar-refractivity contribution in [3.05, 3.63) is 59.4 Å². The van der Waals surface area contributed by atoms with Crippen LogP contribution in [0, 0.1) is 0 Å². The van der Waals surface area contributed by atoms with Gasteiger partial charge in [-0.1, -0.05) is 6.07 Å². The summed E-state index contributed by atoms with van der Waals surface area (Å²) in [5.74, 6) is 1.01. The van der Waals surface area contributed by atoms with Crippen LogP contribution in [-0.2, 0) is 17.8 Å². The summed E-state index contributed by atoms with van der Waals surface area (Å²) in [4.78, 5) is 19.0. The van der Waals surface area contributed by atoms with Crippen molar-refractivity contribution in [3.8, 4) is 5.75 Å². The van der Waals surface area contributed by atoms with E-state index in [9.17, 15) is 4.79 Å². The number of piperidine rings is 1. The van der Waals surface area contributed by atoms with Crippen molar-refractivity contribution in [2.75, 3.05) is 19.7 Å². The second kappa shape index (κ2) is 7.87. The summed E-state index contributed by atoms with van der Waals surface area (Å²) in [6, 6.07) is 9.73. The SMILES string of the molecule is O=C(c1ccc2c(c1)CCCO2)N1CCC[C@H](OCc2cccnc2)C1. The minimum Gasteiger partial charge on any atom is -0.493 e. The molecule has 0 aliphatic carbocycles. The van der Waals surface area contributed by atoms with Crippen molar-refractivity contribution in [1.82, 2.24) is 9.88 Å². The van der Waals surface area contributed by atoms with E-state index in [-0.39, 0.29) is 12.0 Å². The topological polar surface area (TPSA) is 51.7 Å². The maximum atomic E-state index is 12.9. The molecule has 3 heterocycles. The van der Waals surface area contributed by atoms with Gasteiger partial charge in [-0.2, -0.15) is 0 Å². The number of rotatable bonds is 4. The third kappa shape index (κ3) is 3.88. The molecule has 2 aliphatic rings. The predicted molar refractivity (Wildman–Crippen MR) is 98.2 cm³/mol. The fourth-order valence-corrected chi connectivity index (χ4v) is 3.63. The first-order chi connectivity index (χ1) is 12.8. The Morgan fingerprint density at radius 3 is 3.15 bits per heavy atom. The zero-order valence-corrected chi connectivity index (χ0v) is 14.9. The number of aryl methyl sites for hydroxylation is 1. The van der Waals surface area contributed by atoms with Crippen LogP contribution in [0.25, 0.3) is 0 Å². The number of fused-ring (bicyclic) bond motifs is 1. The van der Waals surface area contributed by atoms with Crippen LogP contribution >= 0.6 is 0 Å². The summed E-state index contributed by atoms with van der Waals surface area (Å²) >= 11 is 0. The zero-order chi connectivity index (χ0) is 17.8. The number of benzene rings is 1. The highest BCUT2D eigenvalue weighted by molar-refractivity contribution is 5.94. The predicted octanol–water partition coefficient (Wildman–Crippen LogP) is 3.23. The molecule has 4 rings (SSSR count). The van der Waals surface area contributed by atoms with E-state index in [0.29, 0.717) is 13.2 Å². The smallest absolute Gasteiger partial charge is 0.253 e. The van der Waals surface area contributed by atoms with Gasteiger partial charge in [0.2, 0.25) is 0 Å². The summed E-state index contributed by atoms with van der Waals surface area (Å²) in [5, 5.41) is 0. The fraction of sp³-hybridized carbons (Fsp3) is 0.429. The molecule has 0 bridgehead atoms. The van der Waals surface area contributed by atoms with Gasteiger partial charge in [-0.05, 0) is 61.1 Å². The Labute approximate surface area is 153 Å². The van der Waals surface area contributed by atoms with Crippen molar-refractivity contribution in [2.45, 2.75) is 38.4 Å². The molecule has 0 spiro atoms. The first kappa shape index (κ1) is 17.0. The molecule has 1 aromatic heterocycles. The van der Waals surface area contributed by atoms with Crippen LogP contribution in [0.1, 0.15) is 40.7 Å². The van der Waals surface area contributed by atoms with E-state index >= 15 is 0 Å². The van der Waals surface area contributed by atoms with Crippen LogP contribution in [0.15, 0.2) is 42.7 Å². The number of pyridine rings is 1. The molecule has 1 atom stereocenters. The summed E-state index contributed by atoms with van der Waals surface area (Å²) in [6.07, 6.45) is 7.61. The molecule has 26 heavy (non-hydrogen) atoms. The van der Waals surface area contributed by atoms with E-state index in [0.717, 1.165) is 61.3 Å². The molecular weight excluding hydrogens is 328 g/mol. The first-order valence-corrected chi connectivity index (χ1v) is 9.35. The van der Waals surface area contributed by atoms with Crippen LogP contribution in [-0.4, -0.2) is 41.6 Å². The molecule has 2 aliphatic heterocycles. The van der Waals surface area contributed by atoms with E-state index in [4.69, 9.17) is 9.47 Å². The Morgan fingerprint density at radius 1 is 1.31 bits per heavy atom. The molecule has 0 N–H and O–H groups in total. The fourth-order valence-electron chi connectivity index (χ4n) is 3.63. The molecule has 0 unspecified atom stereocenters. The molecule has 5 nitrogen and oxygen atoms in total. The Balaban J connectivity index is 1.38. The van der Waals surface area contributed by atoms with Gasteiger partial charge in [0.15, 0.2) is 0 Å². The Hall–Kier alpha value is -2.40. The molecular formula is C21H24N2O3. The molecule has 0 radical (unpaired) electrons. The Bertz CT molecular complexity index is 763. The number of hydrogen-bond acceptors (Lipinski definition) is 4. The average Bonchev–Trinajstić information content (AvgIpc) is 2.72. The van der Waals surface area contributed by atoms with Crippen LogP contribution in [0.2, 0.25) is 0 Å². The Morgan fingerprint density at radius 2 is 2.27 bits per heavy atom. The second-order valence-electron chi connectivity index (χ2n) is 6.96. The van der Waals surface area contributed by atoms with Crippen molar-refractivity contribution in [1.29, 1.82) is 0 Å². The van der Waals surface area contributed by atoms with Crippen molar-refractivity contribution in [3.63, 3.8) is 0 Å². The Kier molecular flexibility index (Phi) is 5.16. The van der Waals surface area contributed by atoms with E-state index in [1.54, 1.807) is 6.20 Å². The lowest BCUT2D eigenvalue weighted by molar-refractivity contribution is -0.00681. The molecule has 2 aromatic rings.